The summed E-state index contributed by atoms with van der Waals surface area (Å²) in [5.41, 5.74) is -0.899. The summed E-state index contributed by atoms with van der Waals surface area (Å²) in [6, 6.07) is 0.269. The standard InChI is InChI=1S/C12H22NO5P/c1-9-6-10-4-5-13(9)12(7-17-2,11(10)14)8-18-19(3,15)16/h9-10H,4-8H2,1-3H3,(H,15,16)/t9-,10?,12+/m1/s1. The number of nitrogens with zero attached hydrogens (tertiary/aromatic N) is 1. The fraction of sp³-hybridized carbons (Fsp3) is 0.917. The molecule has 110 valence electrons. The molecule has 2 bridgehead atoms. The zero-order chi connectivity index (χ0) is 14.3. The van der Waals surface area contributed by atoms with Gasteiger partial charge < -0.3 is 14.2 Å². The van der Waals surface area contributed by atoms with Crippen LogP contribution < -0.4 is 0 Å². The van der Waals surface area contributed by atoms with Crippen molar-refractivity contribution in [2.24, 2.45) is 5.92 Å². The van der Waals surface area contributed by atoms with Crippen LogP contribution in [0.5, 0.6) is 0 Å². The van der Waals surface area contributed by atoms with Gasteiger partial charge in [0.25, 0.3) is 0 Å². The highest BCUT2D eigenvalue weighted by Crippen LogP contribution is 2.44. The number of carbonyl (C=O) groups excluding carboxylic acids is 1. The van der Waals surface area contributed by atoms with Crippen molar-refractivity contribution in [3.8, 4) is 0 Å². The third-order valence-electron chi connectivity index (χ3n) is 4.18. The summed E-state index contributed by atoms with van der Waals surface area (Å²) in [4.78, 5) is 24.0. The van der Waals surface area contributed by atoms with Crippen LogP contribution in [0.3, 0.4) is 0 Å². The maximum atomic E-state index is 12.6. The second-order valence-corrected chi connectivity index (χ2v) is 7.53. The number of hydrogen-bond acceptors (Lipinski definition) is 5. The molecule has 3 fully saturated rings. The summed E-state index contributed by atoms with van der Waals surface area (Å²) in [6.07, 6.45) is 1.71. The lowest BCUT2D eigenvalue weighted by atomic mass is 9.71. The first kappa shape index (κ1) is 15.1. The van der Waals surface area contributed by atoms with Crippen LogP contribution in [0.1, 0.15) is 19.8 Å². The van der Waals surface area contributed by atoms with Crippen molar-refractivity contribution in [2.45, 2.75) is 31.3 Å². The minimum atomic E-state index is -3.60. The monoisotopic (exact) mass is 291 g/mol. The highest BCUT2D eigenvalue weighted by Gasteiger charge is 2.56. The molecule has 5 atom stereocenters. The van der Waals surface area contributed by atoms with Crippen LogP contribution in [0.15, 0.2) is 0 Å². The molecule has 3 aliphatic rings. The van der Waals surface area contributed by atoms with Gasteiger partial charge >= 0.3 is 7.60 Å². The second kappa shape index (κ2) is 5.26. The van der Waals surface area contributed by atoms with E-state index in [0.29, 0.717) is 0 Å². The SMILES string of the molecule is COC[C@]1(COP(C)(=O)O)C(=O)C2CCN1[C@H](C)C2. The molecule has 0 aromatic rings. The van der Waals surface area contributed by atoms with Crippen LogP contribution in [0, 0.1) is 5.92 Å². The van der Waals surface area contributed by atoms with Crippen molar-refractivity contribution in [3.05, 3.63) is 0 Å². The van der Waals surface area contributed by atoms with Crippen molar-refractivity contribution < 1.29 is 23.5 Å². The van der Waals surface area contributed by atoms with E-state index >= 15 is 0 Å². The lowest BCUT2D eigenvalue weighted by molar-refractivity contribution is -0.163. The number of ketones is 1. The van der Waals surface area contributed by atoms with Gasteiger partial charge in [0.05, 0.1) is 13.2 Å². The lowest BCUT2D eigenvalue weighted by Gasteiger charge is -2.55. The largest absolute Gasteiger partial charge is 0.382 e. The van der Waals surface area contributed by atoms with Gasteiger partial charge in [0.1, 0.15) is 5.54 Å². The Balaban J connectivity index is 2.26. The predicted molar refractivity (Wildman–Crippen MR) is 70.2 cm³/mol. The fourth-order valence-electron chi connectivity index (χ4n) is 3.38. The van der Waals surface area contributed by atoms with Crippen LogP contribution in [0.2, 0.25) is 0 Å². The number of fused-ring (bicyclic) bond motifs is 3. The van der Waals surface area contributed by atoms with Crippen LogP contribution in [0.4, 0.5) is 0 Å². The minimum Gasteiger partial charge on any atom is -0.382 e. The van der Waals surface area contributed by atoms with Crippen LogP contribution in [0.25, 0.3) is 0 Å². The molecule has 6 nitrogen and oxygen atoms in total. The number of hydrogen-bond donors (Lipinski definition) is 1. The summed E-state index contributed by atoms with van der Waals surface area (Å²) in [6.45, 7) is 4.15. The average Bonchev–Trinajstić information content (AvgIpc) is 2.31. The number of rotatable bonds is 5. The predicted octanol–water partition coefficient (Wildman–Crippen LogP) is 0.887. The topological polar surface area (TPSA) is 76.1 Å². The van der Waals surface area contributed by atoms with Gasteiger partial charge in [-0.15, -0.1) is 0 Å². The Hall–Kier alpha value is -0.260. The molecule has 3 aliphatic heterocycles. The Morgan fingerprint density at radius 1 is 1.53 bits per heavy atom. The molecule has 0 amide bonds. The van der Waals surface area contributed by atoms with Crippen LogP contribution >= 0.6 is 7.60 Å². The molecule has 0 aromatic carbocycles. The molecule has 0 spiro atoms. The van der Waals surface area contributed by atoms with Gasteiger partial charge in [-0.1, -0.05) is 0 Å². The molecule has 0 saturated carbocycles. The van der Waals surface area contributed by atoms with Crippen molar-refractivity contribution in [2.75, 3.05) is 33.5 Å². The molecule has 0 aromatic heterocycles. The normalized spacial score (nSPS) is 41.3. The molecule has 3 rings (SSSR count). The molecule has 19 heavy (non-hydrogen) atoms. The Morgan fingerprint density at radius 2 is 2.21 bits per heavy atom. The zero-order valence-corrected chi connectivity index (χ0v) is 12.6. The number of carbonyl (C=O) groups is 1. The number of ether oxygens (including phenoxy) is 1. The Bertz CT molecular complexity index is 409. The molecular formula is C12H22NO5P. The van der Waals surface area contributed by atoms with Crippen LogP contribution in [-0.2, 0) is 18.6 Å². The van der Waals surface area contributed by atoms with E-state index < -0.39 is 13.1 Å². The van der Waals surface area contributed by atoms with Crippen molar-refractivity contribution in [3.63, 3.8) is 0 Å². The first-order valence-electron chi connectivity index (χ1n) is 6.55. The molecule has 1 N–H and O–H groups in total. The van der Waals surface area contributed by atoms with E-state index in [1.165, 1.54) is 7.11 Å². The lowest BCUT2D eigenvalue weighted by Crippen LogP contribution is -2.71. The molecule has 0 aliphatic carbocycles. The zero-order valence-electron chi connectivity index (χ0n) is 11.7. The molecule has 3 heterocycles. The van der Waals surface area contributed by atoms with Crippen molar-refractivity contribution >= 4 is 13.4 Å². The number of methoxy groups -OCH3 is 1. The van der Waals surface area contributed by atoms with Gasteiger partial charge in [-0.2, -0.15) is 0 Å². The van der Waals surface area contributed by atoms with Gasteiger partial charge in [0.2, 0.25) is 0 Å². The molecule has 3 saturated heterocycles. The summed E-state index contributed by atoms with van der Waals surface area (Å²) in [7, 11) is -2.07. The Kier molecular flexibility index (Phi) is 4.19. The maximum absolute atomic E-state index is 12.6. The average molecular weight is 291 g/mol. The molecule has 3 unspecified atom stereocenters. The Labute approximate surface area is 113 Å². The fourth-order valence-corrected chi connectivity index (χ4v) is 3.84. The summed E-state index contributed by atoms with van der Waals surface area (Å²) in [5.74, 6) is 0.112. The highest BCUT2D eigenvalue weighted by atomic mass is 31.2. The quantitative estimate of drug-likeness (QED) is 0.758. The summed E-state index contributed by atoms with van der Waals surface area (Å²) < 4.78 is 21.6. The highest BCUT2D eigenvalue weighted by molar-refractivity contribution is 7.51. The van der Waals surface area contributed by atoms with Crippen molar-refractivity contribution in [1.29, 1.82) is 0 Å². The first-order chi connectivity index (χ1) is 8.80. The van der Waals surface area contributed by atoms with Gasteiger partial charge in [0, 0.05) is 32.3 Å². The minimum absolute atomic E-state index is 0.0219. The summed E-state index contributed by atoms with van der Waals surface area (Å²) >= 11 is 0. The maximum Gasteiger partial charge on any atom is 0.325 e. The smallest absolute Gasteiger partial charge is 0.325 e. The Morgan fingerprint density at radius 3 is 2.74 bits per heavy atom. The van der Waals surface area contributed by atoms with Gasteiger partial charge in [-0.05, 0) is 19.8 Å². The number of piperidine rings is 3. The molecule has 7 heteroatoms. The first-order valence-corrected chi connectivity index (χ1v) is 8.57. The van der Waals surface area contributed by atoms with E-state index in [9.17, 15) is 14.3 Å². The van der Waals surface area contributed by atoms with E-state index in [-0.39, 0.29) is 31.0 Å². The van der Waals surface area contributed by atoms with E-state index in [1.54, 1.807) is 0 Å². The van der Waals surface area contributed by atoms with Crippen LogP contribution in [-0.4, -0.2) is 60.7 Å². The third kappa shape index (κ3) is 2.78. The van der Waals surface area contributed by atoms with Gasteiger partial charge in [-0.3, -0.25) is 14.3 Å². The number of Topliss-reactive ketones (excluding diaryl/α,β-unsaturated/α-hetero) is 1. The molecule has 0 radical (unpaired) electrons. The second-order valence-electron chi connectivity index (χ2n) is 5.67. The van der Waals surface area contributed by atoms with Crippen molar-refractivity contribution in [1.82, 2.24) is 4.90 Å². The van der Waals surface area contributed by atoms with E-state index in [0.717, 1.165) is 26.1 Å². The van der Waals surface area contributed by atoms with E-state index in [1.807, 2.05) is 0 Å². The van der Waals surface area contributed by atoms with Gasteiger partial charge in [-0.25, -0.2) is 0 Å². The van der Waals surface area contributed by atoms with E-state index in [2.05, 4.69) is 11.8 Å². The van der Waals surface area contributed by atoms with E-state index in [4.69, 9.17) is 9.26 Å². The summed E-state index contributed by atoms with van der Waals surface area (Å²) in [5, 5.41) is 0. The third-order valence-corrected chi connectivity index (χ3v) is 4.79. The van der Waals surface area contributed by atoms with Gasteiger partial charge in [0.15, 0.2) is 5.78 Å². The molecular weight excluding hydrogens is 269 g/mol.